The second kappa shape index (κ2) is 5.24. The first-order chi connectivity index (χ1) is 11.1. The van der Waals surface area contributed by atoms with Crippen molar-refractivity contribution in [2.75, 3.05) is 14.2 Å². The third-order valence-electron chi connectivity index (χ3n) is 5.10. The largest absolute Gasteiger partial charge is 0.493 e. The molecule has 0 unspecified atom stereocenters. The molecule has 23 heavy (non-hydrogen) atoms. The van der Waals surface area contributed by atoms with E-state index in [1.807, 2.05) is 6.07 Å². The van der Waals surface area contributed by atoms with E-state index in [-0.39, 0.29) is 17.8 Å². The second-order valence-corrected chi connectivity index (χ2v) is 7.01. The zero-order chi connectivity index (χ0) is 16.3. The number of halogens is 1. The quantitative estimate of drug-likeness (QED) is 0.807. The molecular formula is C17H17BrO5. The van der Waals surface area contributed by atoms with Crippen LogP contribution in [0.2, 0.25) is 0 Å². The Balaban J connectivity index is 2.04. The van der Waals surface area contributed by atoms with Crippen molar-refractivity contribution in [3.8, 4) is 5.75 Å². The lowest BCUT2D eigenvalue weighted by Crippen LogP contribution is -2.31. The van der Waals surface area contributed by atoms with Crippen molar-refractivity contribution in [2.24, 2.45) is 5.92 Å². The van der Waals surface area contributed by atoms with Crippen LogP contribution < -0.4 is 4.74 Å². The van der Waals surface area contributed by atoms with Crippen LogP contribution in [0.25, 0.3) is 11.0 Å². The minimum Gasteiger partial charge on any atom is -0.493 e. The van der Waals surface area contributed by atoms with Gasteiger partial charge in [0.15, 0.2) is 11.3 Å². The average Bonchev–Trinajstić information content (AvgIpc) is 2.97. The Morgan fingerprint density at radius 2 is 2.17 bits per heavy atom. The van der Waals surface area contributed by atoms with Crippen molar-refractivity contribution in [2.45, 2.75) is 31.3 Å². The van der Waals surface area contributed by atoms with E-state index in [0.29, 0.717) is 29.9 Å². The predicted octanol–water partition coefficient (Wildman–Crippen LogP) is 3.46. The molecule has 0 amide bonds. The summed E-state index contributed by atoms with van der Waals surface area (Å²) in [6, 6.07) is 1.85. The van der Waals surface area contributed by atoms with Crippen molar-refractivity contribution >= 4 is 32.9 Å². The van der Waals surface area contributed by atoms with Crippen LogP contribution in [0.4, 0.5) is 0 Å². The first-order valence-corrected chi connectivity index (χ1v) is 8.43. The van der Waals surface area contributed by atoms with E-state index in [1.165, 1.54) is 7.11 Å². The van der Waals surface area contributed by atoms with Crippen LogP contribution in [0.5, 0.6) is 5.75 Å². The Labute approximate surface area is 141 Å². The van der Waals surface area contributed by atoms with Crippen LogP contribution in [0.3, 0.4) is 0 Å². The van der Waals surface area contributed by atoms with Crippen molar-refractivity contribution in [1.82, 2.24) is 0 Å². The molecule has 0 saturated heterocycles. The third kappa shape index (κ3) is 1.97. The molecule has 0 aliphatic heterocycles. The highest BCUT2D eigenvalue weighted by Gasteiger charge is 2.44. The lowest BCUT2D eigenvalue weighted by Gasteiger charge is -2.34. The highest BCUT2D eigenvalue weighted by molar-refractivity contribution is 9.10. The van der Waals surface area contributed by atoms with Gasteiger partial charge in [-0.25, -0.2) is 0 Å². The Kier molecular flexibility index (Phi) is 3.43. The van der Waals surface area contributed by atoms with E-state index in [9.17, 15) is 9.90 Å². The van der Waals surface area contributed by atoms with Crippen molar-refractivity contribution in [3.05, 3.63) is 27.4 Å². The zero-order valence-corrected chi connectivity index (χ0v) is 14.5. The first kappa shape index (κ1) is 15.0. The number of furan rings is 1. The van der Waals surface area contributed by atoms with Crippen LogP contribution in [0.1, 0.15) is 41.8 Å². The summed E-state index contributed by atoms with van der Waals surface area (Å²) in [6.07, 6.45) is 1.29. The van der Waals surface area contributed by atoms with E-state index < -0.39 is 6.10 Å². The number of aliphatic hydroxyl groups excluding tert-OH is 1. The number of rotatable bonds is 2. The molecule has 2 aliphatic rings. The van der Waals surface area contributed by atoms with Crippen LogP contribution >= 0.6 is 15.9 Å². The molecule has 0 radical (unpaired) electrons. The van der Waals surface area contributed by atoms with Gasteiger partial charge in [0, 0.05) is 21.3 Å². The van der Waals surface area contributed by atoms with Gasteiger partial charge in [-0.05, 0) is 30.9 Å². The summed E-state index contributed by atoms with van der Waals surface area (Å²) in [7, 11) is 3.02. The van der Waals surface area contributed by atoms with Gasteiger partial charge in [0.1, 0.15) is 11.9 Å². The molecular weight excluding hydrogens is 364 g/mol. The van der Waals surface area contributed by atoms with Crippen LogP contribution in [-0.2, 0) is 16.0 Å². The number of aliphatic hydroxyl groups is 1. The lowest BCUT2D eigenvalue weighted by atomic mass is 9.70. The molecule has 4 rings (SSSR count). The maximum atomic E-state index is 12.3. The molecule has 2 aromatic rings. The van der Waals surface area contributed by atoms with Gasteiger partial charge in [-0.15, -0.1) is 0 Å². The molecule has 6 heteroatoms. The van der Waals surface area contributed by atoms with E-state index in [2.05, 4.69) is 15.9 Å². The summed E-state index contributed by atoms with van der Waals surface area (Å²) in [6.45, 7) is 0. The van der Waals surface area contributed by atoms with Gasteiger partial charge in [0.25, 0.3) is 0 Å². The number of ether oxygens (including phenoxy) is 2. The predicted molar refractivity (Wildman–Crippen MR) is 86.6 cm³/mol. The summed E-state index contributed by atoms with van der Waals surface area (Å²) in [5.74, 6) is 0.771. The summed E-state index contributed by atoms with van der Waals surface area (Å²) < 4.78 is 17.3. The Bertz CT molecular complexity index is 809. The molecule has 0 fully saturated rings. The van der Waals surface area contributed by atoms with Crippen LogP contribution in [0.15, 0.2) is 15.0 Å². The van der Waals surface area contributed by atoms with Gasteiger partial charge < -0.3 is 19.0 Å². The van der Waals surface area contributed by atoms with Crippen molar-refractivity contribution in [3.63, 3.8) is 0 Å². The number of hydrogen-bond donors (Lipinski definition) is 1. The zero-order valence-electron chi connectivity index (χ0n) is 12.9. The van der Waals surface area contributed by atoms with Gasteiger partial charge in [0.05, 0.1) is 20.1 Å². The highest BCUT2D eigenvalue weighted by Crippen LogP contribution is 2.54. The van der Waals surface area contributed by atoms with Gasteiger partial charge in [-0.2, -0.15) is 0 Å². The molecule has 1 heterocycles. The maximum Gasteiger partial charge on any atom is 0.309 e. The molecule has 5 nitrogen and oxygen atoms in total. The minimum absolute atomic E-state index is 0.0219. The summed E-state index contributed by atoms with van der Waals surface area (Å²) in [4.78, 5) is 12.3. The second-order valence-electron chi connectivity index (χ2n) is 6.16. The molecule has 1 N–H and O–H groups in total. The van der Waals surface area contributed by atoms with Crippen LogP contribution in [0, 0.1) is 5.92 Å². The molecule has 0 bridgehead atoms. The summed E-state index contributed by atoms with van der Waals surface area (Å²) in [5.41, 5.74) is 2.63. The molecule has 0 saturated carbocycles. The number of methoxy groups -OCH3 is 2. The van der Waals surface area contributed by atoms with Gasteiger partial charge in [0.2, 0.25) is 0 Å². The standard InChI is InChI=1S/C17H17BrO5/c1-21-12-6-10(18)9-5-8(17(20)22-2)7-3-4-11(19)15-13(7)14(9)16(12)23-15/h6-8,11,19H,3-5H2,1-2H3/t7-,8+,11+/m1/s1. The Hall–Kier alpha value is -1.53. The number of carbonyl (C=O) groups excluding carboxylic acids is 1. The van der Waals surface area contributed by atoms with Gasteiger partial charge in [-0.1, -0.05) is 15.9 Å². The van der Waals surface area contributed by atoms with Gasteiger partial charge in [-0.3, -0.25) is 4.79 Å². The molecule has 0 spiro atoms. The lowest BCUT2D eigenvalue weighted by molar-refractivity contribution is -0.146. The minimum atomic E-state index is -0.638. The molecule has 3 atom stereocenters. The van der Waals surface area contributed by atoms with E-state index in [4.69, 9.17) is 13.9 Å². The number of benzene rings is 1. The first-order valence-electron chi connectivity index (χ1n) is 7.64. The topological polar surface area (TPSA) is 68.9 Å². The molecule has 122 valence electrons. The van der Waals surface area contributed by atoms with Gasteiger partial charge >= 0.3 is 5.97 Å². The number of carbonyl (C=O) groups is 1. The fourth-order valence-corrected chi connectivity index (χ4v) is 4.63. The monoisotopic (exact) mass is 380 g/mol. The Morgan fingerprint density at radius 1 is 1.39 bits per heavy atom. The number of hydrogen-bond acceptors (Lipinski definition) is 5. The smallest absolute Gasteiger partial charge is 0.309 e. The molecule has 1 aromatic heterocycles. The van der Waals surface area contributed by atoms with E-state index >= 15 is 0 Å². The van der Waals surface area contributed by atoms with E-state index in [1.54, 1.807) is 7.11 Å². The molecule has 1 aromatic carbocycles. The van der Waals surface area contributed by atoms with Crippen molar-refractivity contribution in [1.29, 1.82) is 0 Å². The average molecular weight is 381 g/mol. The van der Waals surface area contributed by atoms with E-state index in [0.717, 1.165) is 27.4 Å². The Morgan fingerprint density at radius 3 is 2.87 bits per heavy atom. The van der Waals surface area contributed by atoms with Crippen LogP contribution in [-0.4, -0.2) is 25.3 Å². The summed E-state index contributed by atoms with van der Waals surface area (Å²) in [5, 5.41) is 11.3. The van der Waals surface area contributed by atoms with Crippen molar-refractivity contribution < 1.29 is 23.8 Å². The maximum absolute atomic E-state index is 12.3. The summed E-state index contributed by atoms with van der Waals surface area (Å²) >= 11 is 3.58. The number of esters is 1. The molecule has 2 aliphatic carbocycles. The fourth-order valence-electron chi connectivity index (χ4n) is 4.06. The highest BCUT2D eigenvalue weighted by atomic mass is 79.9. The fraction of sp³-hybridized carbons (Fsp3) is 0.471. The normalized spacial score (nSPS) is 25.5. The SMILES string of the molecule is COC(=O)[C@H]1Cc2c(Br)cc(OC)c3oc4c(c23)[C@@H]1CC[C@@H]4O. The third-order valence-corrected chi connectivity index (χ3v) is 5.81.